The van der Waals surface area contributed by atoms with Crippen LogP contribution in [0.1, 0.15) is 0 Å². The third kappa shape index (κ3) is 2.71. The molecule has 0 amide bonds. The number of aromatic amines is 1. The van der Waals surface area contributed by atoms with Crippen molar-refractivity contribution in [3.63, 3.8) is 0 Å². The summed E-state index contributed by atoms with van der Waals surface area (Å²) in [5.41, 5.74) is 2.06. The highest BCUT2D eigenvalue weighted by atomic mass is 79.9. The zero-order valence-corrected chi connectivity index (χ0v) is 12.9. The fourth-order valence-corrected chi connectivity index (χ4v) is 2.83. The summed E-state index contributed by atoms with van der Waals surface area (Å²) in [6, 6.07) is 12.1. The zero-order valence-electron chi connectivity index (χ0n) is 10.5. The molecule has 7 heteroatoms. The largest absolute Gasteiger partial charge is 0.433 e. The van der Waals surface area contributed by atoms with Crippen LogP contribution >= 0.6 is 28.1 Å². The van der Waals surface area contributed by atoms with Crippen LogP contribution in [0, 0.1) is 4.77 Å². The van der Waals surface area contributed by atoms with E-state index in [1.807, 2.05) is 18.2 Å². The van der Waals surface area contributed by atoms with Gasteiger partial charge in [0.1, 0.15) is 5.75 Å². The Morgan fingerprint density at radius 1 is 1.19 bits per heavy atom. The first-order valence-electron chi connectivity index (χ1n) is 6.01. The van der Waals surface area contributed by atoms with Crippen LogP contribution < -0.4 is 4.74 Å². The fraction of sp³-hybridized carbons (Fsp3) is 0.0714. The van der Waals surface area contributed by atoms with Gasteiger partial charge in [-0.15, -0.1) is 0 Å². The van der Waals surface area contributed by atoms with Gasteiger partial charge in [-0.05, 0) is 42.5 Å². The molecule has 1 aromatic heterocycles. The normalized spacial score (nSPS) is 11.2. The number of halogens is 3. The lowest BCUT2D eigenvalue weighted by atomic mass is 10.2. The quantitative estimate of drug-likeness (QED) is 0.653. The van der Waals surface area contributed by atoms with E-state index in [1.165, 1.54) is 6.07 Å². The van der Waals surface area contributed by atoms with Crippen molar-refractivity contribution in [2.45, 2.75) is 6.61 Å². The second-order valence-corrected chi connectivity index (χ2v) is 5.58. The van der Waals surface area contributed by atoms with Crippen LogP contribution in [-0.4, -0.2) is 16.2 Å². The molecule has 0 aliphatic carbocycles. The molecule has 1 heterocycles. The minimum absolute atomic E-state index is 0.0763. The molecule has 3 rings (SSSR count). The molecule has 0 saturated heterocycles. The fourth-order valence-electron chi connectivity index (χ4n) is 2.16. The van der Waals surface area contributed by atoms with Gasteiger partial charge in [0.05, 0.1) is 16.7 Å². The second-order valence-electron chi connectivity index (χ2n) is 4.27. The summed E-state index contributed by atoms with van der Waals surface area (Å²) in [4.78, 5) is 3.05. The summed E-state index contributed by atoms with van der Waals surface area (Å²) < 4.78 is 32.6. The molecule has 3 aromatic rings. The maximum atomic E-state index is 12.5. The predicted molar refractivity (Wildman–Crippen MR) is 82.8 cm³/mol. The molecular formula is C14H9BrF2N2OS. The Hall–Kier alpha value is -1.73. The van der Waals surface area contributed by atoms with E-state index in [2.05, 4.69) is 25.7 Å². The number of imidazole rings is 1. The monoisotopic (exact) mass is 370 g/mol. The van der Waals surface area contributed by atoms with Gasteiger partial charge in [-0.2, -0.15) is 8.78 Å². The number of hydrogen-bond acceptors (Lipinski definition) is 2. The first kappa shape index (κ1) is 14.2. The summed E-state index contributed by atoms with van der Waals surface area (Å²) >= 11 is 8.68. The van der Waals surface area contributed by atoms with Gasteiger partial charge in [0, 0.05) is 4.47 Å². The van der Waals surface area contributed by atoms with Crippen molar-refractivity contribution < 1.29 is 13.5 Å². The summed E-state index contributed by atoms with van der Waals surface area (Å²) in [6.07, 6.45) is 0. The Morgan fingerprint density at radius 2 is 1.95 bits per heavy atom. The molecule has 0 aliphatic rings. The Balaban J connectivity index is 2.26. The number of aromatic nitrogens is 2. The molecule has 0 unspecified atom stereocenters. The lowest BCUT2D eigenvalue weighted by molar-refractivity contribution is -0.0498. The standard InChI is InChI=1S/C14H9BrF2N2OS/c15-8-5-6-10-9(7-8)18-14(21)19(10)11-3-1-2-4-12(11)20-13(16)17/h1-7,13H,(H,18,21). The smallest absolute Gasteiger partial charge is 0.387 e. The Bertz CT molecular complexity index is 860. The SMILES string of the molecule is FC(F)Oc1ccccc1-n1c(=S)[nH]c2cc(Br)ccc21. The number of para-hydroxylation sites is 2. The minimum Gasteiger partial charge on any atom is -0.433 e. The first-order chi connectivity index (χ1) is 10.1. The number of alkyl halides is 2. The third-order valence-electron chi connectivity index (χ3n) is 2.97. The zero-order chi connectivity index (χ0) is 15.0. The molecule has 0 fully saturated rings. The minimum atomic E-state index is -2.89. The van der Waals surface area contributed by atoms with Gasteiger partial charge in [-0.3, -0.25) is 4.57 Å². The number of rotatable bonds is 3. The highest BCUT2D eigenvalue weighted by molar-refractivity contribution is 9.10. The van der Waals surface area contributed by atoms with Gasteiger partial charge >= 0.3 is 6.61 Å². The summed E-state index contributed by atoms with van der Waals surface area (Å²) in [5.74, 6) is 0.0763. The molecule has 2 aromatic carbocycles. The van der Waals surface area contributed by atoms with Crippen LogP contribution in [0.4, 0.5) is 8.78 Å². The first-order valence-corrected chi connectivity index (χ1v) is 7.21. The Kier molecular flexibility index (Phi) is 3.77. The van der Waals surface area contributed by atoms with Crippen LogP contribution in [0.15, 0.2) is 46.9 Å². The van der Waals surface area contributed by atoms with Crippen molar-refractivity contribution >= 4 is 39.2 Å². The molecular weight excluding hydrogens is 362 g/mol. The number of ether oxygens (including phenoxy) is 1. The summed E-state index contributed by atoms with van der Waals surface area (Å²) in [7, 11) is 0. The number of hydrogen-bond donors (Lipinski definition) is 1. The van der Waals surface area contributed by atoms with Gasteiger partial charge in [-0.25, -0.2) is 0 Å². The molecule has 0 bridgehead atoms. The molecule has 0 aliphatic heterocycles. The van der Waals surface area contributed by atoms with E-state index in [1.54, 1.807) is 22.8 Å². The third-order valence-corrected chi connectivity index (χ3v) is 3.74. The average molecular weight is 371 g/mol. The summed E-state index contributed by atoms with van der Waals surface area (Å²) in [6.45, 7) is -2.89. The maximum Gasteiger partial charge on any atom is 0.387 e. The van der Waals surface area contributed by atoms with Gasteiger partial charge in [-0.1, -0.05) is 28.1 Å². The lowest BCUT2D eigenvalue weighted by Gasteiger charge is -2.11. The van der Waals surface area contributed by atoms with Gasteiger partial charge in [0.25, 0.3) is 0 Å². The molecule has 21 heavy (non-hydrogen) atoms. The van der Waals surface area contributed by atoms with Crippen molar-refractivity contribution in [1.29, 1.82) is 0 Å². The predicted octanol–water partition coefficient (Wildman–Crippen LogP) is 5.05. The van der Waals surface area contributed by atoms with E-state index < -0.39 is 6.61 Å². The van der Waals surface area contributed by atoms with Crippen molar-refractivity contribution in [2.24, 2.45) is 0 Å². The lowest BCUT2D eigenvalue weighted by Crippen LogP contribution is -2.06. The summed E-state index contributed by atoms with van der Waals surface area (Å²) in [5, 5.41) is 0. The second kappa shape index (κ2) is 5.57. The van der Waals surface area contributed by atoms with Crippen molar-refractivity contribution in [1.82, 2.24) is 9.55 Å². The average Bonchev–Trinajstić information content (AvgIpc) is 2.74. The molecule has 0 spiro atoms. The van der Waals surface area contributed by atoms with Crippen LogP contribution in [0.25, 0.3) is 16.7 Å². The van der Waals surface area contributed by atoms with E-state index in [4.69, 9.17) is 12.2 Å². The van der Waals surface area contributed by atoms with E-state index in [-0.39, 0.29) is 5.75 Å². The van der Waals surface area contributed by atoms with Crippen molar-refractivity contribution in [3.05, 3.63) is 51.7 Å². The molecule has 0 radical (unpaired) electrons. The van der Waals surface area contributed by atoms with Crippen molar-refractivity contribution in [2.75, 3.05) is 0 Å². The topological polar surface area (TPSA) is 29.9 Å². The van der Waals surface area contributed by atoms with Crippen LogP contribution in [0.3, 0.4) is 0 Å². The van der Waals surface area contributed by atoms with E-state index in [0.29, 0.717) is 10.5 Å². The highest BCUT2D eigenvalue weighted by Crippen LogP contribution is 2.29. The number of nitrogens with one attached hydrogen (secondary N) is 1. The van der Waals surface area contributed by atoms with Gasteiger partial charge < -0.3 is 9.72 Å². The van der Waals surface area contributed by atoms with Crippen LogP contribution in [0.5, 0.6) is 5.75 Å². The molecule has 0 saturated carbocycles. The Labute approximate surface area is 132 Å². The molecule has 0 atom stereocenters. The van der Waals surface area contributed by atoms with E-state index in [0.717, 1.165) is 15.5 Å². The van der Waals surface area contributed by atoms with Gasteiger partial charge in [0.2, 0.25) is 0 Å². The number of fused-ring (bicyclic) bond motifs is 1. The van der Waals surface area contributed by atoms with E-state index >= 15 is 0 Å². The van der Waals surface area contributed by atoms with Crippen LogP contribution in [-0.2, 0) is 0 Å². The number of nitrogens with zero attached hydrogens (tertiary/aromatic N) is 1. The molecule has 1 N–H and O–H groups in total. The van der Waals surface area contributed by atoms with Gasteiger partial charge in [0.15, 0.2) is 4.77 Å². The van der Waals surface area contributed by atoms with Crippen LogP contribution in [0.2, 0.25) is 0 Å². The number of benzene rings is 2. The van der Waals surface area contributed by atoms with Crippen molar-refractivity contribution in [3.8, 4) is 11.4 Å². The maximum absolute atomic E-state index is 12.5. The molecule has 108 valence electrons. The molecule has 3 nitrogen and oxygen atoms in total. The number of H-pyrrole nitrogens is 1. The highest BCUT2D eigenvalue weighted by Gasteiger charge is 2.14. The van der Waals surface area contributed by atoms with E-state index in [9.17, 15) is 8.78 Å². The Morgan fingerprint density at radius 3 is 2.71 bits per heavy atom.